The van der Waals surface area contributed by atoms with Crippen LogP contribution < -0.4 is 31.9 Å². The van der Waals surface area contributed by atoms with Gasteiger partial charge in [0.25, 0.3) is 5.91 Å². The molecule has 10 atom stereocenters. The summed E-state index contributed by atoms with van der Waals surface area (Å²) < 4.78 is 5.78. The van der Waals surface area contributed by atoms with E-state index < -0.39 is 127 Å². The predicted molar refractivity (Wildman–Crippen MR) is 249 cm³/mol. The lowest BCUT2D eigenvalue weighted by Gasteiger charge is -2.26. The Hall–Kier alpha value is -6.93. The van der Waals surface area contributed by atoms with Crippen LogP contribution in [0.15, 0.2) is 90.2 Å². The fourth-order valence-electron chi connectivity index (χ4n) is 7.23. The zero-order chi connectivity index (χ0) is 50.8. The van der Waals surface area contributed by atoms with Crippen molar-refractivity contribution in [1.29, 1.82) is 0 Å². The molecule has 20 nitrogen and oxygen atoms in total. The molecule has 370 valence electrons. The molecule has 10 unspecified atom stereocenters. The molecule has 68 heavy (non-hydrogen) atoms. The monoisotopic (exact) mass is 947 g/mol. The number of carbonyl (C=O) groups is 9. The second-order valence-corrected chi connectivity index (χ2v) is 17.0. The molecular formula is C48H65N7O13. The number of ether oxygens (including phenoxy) is 1. The molecule has 0 aromatic heterocycles. The van der Waals surface area contributed by atoms with Crippen molar-refractivity contribution in [2.45, 2.75) is 109 Å². The summed E-state index contributed by atoms with van der Waals surface area (Å²) in [6, 6.07) is 2.34. The molecule has 2 aliphatic rings. The molecule has 20 heteroatoms. The quantitative estimate of drug-likeness (QED) is 0.110. The van der Waals surface area contributed by atoms with Crippen molar-refractivity contribution in [1.82, 2.24) is 36.8 Å². The number of aliphatic hydroxyl groups is 1. The fraction of sp³-hybridized carbons (Fsp3) is 0.479. The summed E-state index contributed by atoms with van der Waals surface area (Å²) in [5, 5.41) is 44.7. The van der Waals surface area contributed by atoms with Crippen LogP contribution in [-0.2, 0) is 54.3 Å². The first-order valence-corrected chi connectivity index (χ1v) is 22.2. The summed E-state index contributed by atoms with van der Waals surface area (Å²) in [5.41, 5.74) is 1.87. The Morgan fingerprint density at radius 3 is 2.18 bits per heavy atom. The highest BCUT2D eigenvalue weighted by molar-refractivity contribution is 6.00. The third kappa shape index (κ3) is 17.1. The Bertz CT molecular complexity index is 2170. The van der Waals surface area contributed by atoms with Crippen LogP contribution >= 0.6 is 0 Å². The maximum Gasteiger partial charge on any atom is 0.327 e. The van der Waals surface area contributed by atoms with Gasteiger partial charge in [0, 0.05) is 32.9 Å². The molecule has 1 saturated heterocycles. The lowest BCUT2D eigenvalue weighted by atomic mass is 9.94. The predicted octanol–water partition coefficient (Wildman–Crippen LogP) is 0.787. The normalized spacial score (nSPS) is 27.0. The molecule has 1 heterocycles. The van der Waals surface area contributed by atoms with Gasteiger partial charge in [0.15, 0.2) is 0 Å². The summed E-state index contributed by atoms with van der Waals surface area (Å²) >= 11 is 0. The van der Waals surface area contributed by atoms with Gasteiger partial charge in [-0.25, -0.2) is 9.59 Å². The topological polar surface area (TPSA) is 299 Å². The molecule has 1 aromatic carbocycles. The summed E-state index contributed by atoms with van der Waals surface area (Å²) in [4.78, 5) is 120. The minimum absolute atomic E-state index is 0.0956. The largest absolute Gasteiger partial charge is 0.480 e. The number of nitrogens with zero attached hydrogens (tertiary/aromatic N) is 1. The first-order valence-electron chi connectivity index (χ1n) is 22.2. The summed E-state index contributed by atoms with van der Waals surface area (Å²) in [7, 11) is 2.82. The van der Waals surface area contributed by atoms with Gasteiger partial charge in [0.2, 0.25) is 35.4 Å². The molecule has 1 fully saturated rings. The van der Waals surface area contributed by atoms with E-state index in [0.717, 1.165) is 16.0 Å². The smallest absolute Gasteiger partial charge is 0.327 e. The molecule has 9 N–H and O–H groups in total. The van der Waals surface area contributed by atoms with E-state index in [0.29, 0.717) is 12.0 Å². The van der Waals surface area contributed by atoms with Crippen LogP contribution in [0, 0.1) is 17.8 Å². The SMILES string of the molecule is C=C1C(=O)NC(C)C(=O)NC(CC2=CCC(O)C=C2)C(=O)NC(C(=O)O)C(C)C(=O)NCC(=O)NC(C=CC(C)=CC(C)C(Cc2ccccc2)OC)C(C)C(=O)NC(C(=O)O)CCC(=O)N1C. The highest BCUT2D eigenvalue weighted by Gasteiger charge is 2.36. The van der Waals surface area contributed by atoms with Crippen molar-refractivity contribution in [3.05, 3.63) is 95.8 Å². The third-order valence-electron chi connectivity index (χ3n) is 11.7. The molecule has 0 bridgehead atoms. The van der Waals surface area contributed by atoms with E-state index in [2.05, 4.69) is 38.5 Å². The first-order chi connectivity index (χ1) is 32.0. The minimum Gasteiger partial charge on any atom is -0.480 e. The maximum atomic E-state index is 13.8. The Morgan fingerprint density at radius 1 is 0.897 bits per heavy atom. The number of carboxylic acid groups (broad SMARTS) is 2. The maximum absolute atomic E-state index is 13.8. The average Bonchev–Trinajstić information content (AvgIpc) is 3.30. The second-order valence-electron chi connectivity index (χ2n) is 17.0. The number of nitrogens with one attached hydrogen (secondary N) is 6. The molecule has 0 saturated carbocycles. The third-order valence-corrected chi connectivity index (χ3v) is 11.7. The molecule has 1 aromatic rings. The number of hydrogen-bond donors (Lipinski definition) is 9. The molecular weight excluding hydrogens is 883 g/mol. The van der Waals surface area contributed by atoms with Crippen LogP contribution in [0.1, 0.15) is 65.9 Å². The van der Waals surface area contributed by atoms with E-state index in [1.54, 1.807) is 26.2 Å². The fourth-order valence-corrected chi connectivity index (χ4v) is 7.23. The van der Waals surface area contributed by atoms with Gasteiger partial charge in [0.05, 0.1) is 36.6 Å². The highest BCUT2D eigenvalue weighted by Crippen LogP contribution is 2.19. The van der Waals surface area contributed by atoms with Gasteiger partial charge in [0.1, 0.15) is 29.9 Å². The number of rotatable bonds is 11. The van der Waals surface area contributed by atoms with Gasteiger partial charge < -0.3 is 56.9 Å². The van der Waals surface area contributed by atoms with Crippen LogP contribution in [0.3, 0.4) is 0 Å². The van der Waals surface area contributed by atoms with E-state index in [1.807, 2.05) is 43.3 Å². The number of carboxylic acids is 2. The van der Waals surface area contributed by atoms with Crippen LogP contribution in [0.5, 0.6) is 0 Å². The second kappa shape index (κ2) is 26.4. The number of likely N-dealkylation sites (N-methyl/N-ethyl adjacent to an activating group) is 1. The Morgan fingerprint density at radius 2 is 1.57 bits per heavy atom. The van der Waals surface area contributed by atoms with Gasteiger partial charge in [-0.3, -0.25) is 33.6 Å². The van der Waals surface area contributed by atoms with Crippen molar-refractivity contribution in [3.63, 3.8) is 0 Å². The molecule has 1 aliphatic carbocycles. The van der Waals surface area contributed by atoms with Crippen molar-refractivity contribution < 1.29 is 63.2 Å². The number of benzene rings is 1. The Balaban J connectivity index is 1.99. The van der Waals surface area contributed by atoms with Crippen LogP contribution in [0.4, 0.5) is 0 Å². The summed E-state index contributed by atoms with van der Waals surface area (Å²) in [6.07, 6.45) is 8.47. The molecule has 0 spiro atoms. The number of hydrogen-bond acceptors (Lipinski definition) is 11. The van der Waals surface area contributed by atoms with E-state index in [1.165, 1.54) is 46.0 Å². The number of allylic oxidation sites excluding steroid dienone is 3. The number of amides is 7. The van der Waals surface area contributed by atoms with Crippen LogP contribution in [0.25, 0.3) is 0 Å². The van der Waals surface area contributed by atoms with Crippen molar-refractivity contribution >= 4 is 53.3 Å². The average molecular weight is 948 g/mol. The van der Waals surface area contributed by atoms with Crippen molar-refractivity contribution in [2.24, 2.45) is 17.8 Å². The van der Waals surface area contributed by atoms with Crippen molar-refractivity contribution in [3.8, 4) is 0 Å². The van der Waals surface area contributed by atoms with E-state index in [4.69, 9.17) is 4.74 Å². The molecule has 3 rings (SSSR count). The van der Waals surface area contributed by atoms with Gasteiger partial charge in [-0.1, -0.05) is 99.7 Å². The van der Waals surface area contributed by atoms with E-state index >= 15 is 0 Å². The lowest BCUT2D eigenvalue weighted by Crippen LogP contribution is -2.58. The number of aliphatic hydroxyl groups excluding tert-OH is 1. The molecule has 7 amide bonds. The summed E-state index contributed by atoms with van der Waals surface area (Å²) in [6.45, 7) is 10.6. The highest BCUT2D eigenvalue weighted by atomic mass is 16.5. The lowest BCUT2D eigenvalue weighted by molar-refractivity contribution is -0.146. The molecule has 0 radical (unpaired) electrons. The standard InChI is InChI=1S/C48H65N7O13/c1-26(22-27(2)38(68-8)24-32-12-10-9-11-13-32)14-19-35-28(3)43(60)52-36(47(64)65)20-21-40(58)55(7)31(6)45(62)50-30(5)44(61)53-37(23-33-15-17-34(56)18-16-33)46(63)54-41(48(66)67)29(4)42(59)49-25-39(57)51-35/h9-17,19,22,27-30,34-38,41,56H,6,18,20-21,23-25H2,1-5,7-8H3,(H,49,59)(H,50,62)(H,51,57)(H,52,60)(H,53,61)(H,54,63)(H,64,65)(H,66,67). The number of methoxy groups -OCH3 is 1. The number of carbonyl (C=O) groups excluding carboxylic acids is 7. The molecule has 1 aliphatic heterocycles. The van der Waals surface area contributed by atoms with Crippen LogP contribution in [-0.4, -0.2) is 137 Å². The zero-order valence-electron chi connectivity index (χ0n) is 39.4. The zero-order valence-corrected chi connectivity index (χ0v) is 39.4. The number of aliphatic carboxylic acids is 2. The Labute approximate surface area is 395 Å². The van der Waals surface area contributed by atoms with Crippen molar-refractivity contribution in [2.75, 3.05) is 20.7 Å². The Kier molecular flexibility index (Phi) is 21.5. The van der Waals surface area contributed by atoms with Crippen LogP contribution in [0.2, 0.25) is 0 Å². The van der Waals surface area contributed by atoms with Gasteiger partial charge in [-0.15, -0.1) is 0 Å². The first kappa shape index (κ1) is 55.4. The van der Waals surface area contributed by atoms with E-state index in [9.17, 15) is 58.5 Å². The summed E-state index contributed by atoms with van der Waals surface area (Å²) in [5.74, 6) is -12.1. The van der Waals surface area contributed by atoms with Gasteiger partial charge >= 0.3 is 11.9 Å². The minimum atomic E-state index is -1.88. The van der Waals surface area contributed by atoms with Gasteiger partial charge in [-0.2, -0.15) is 0 Å². The van der Waals surface area contributed by atoms with Gasteiger partial charge in [-0.05, 0) is 44.2 Å². The van der Waals surface area contributed by atoms with E-state index in [-0.39, 0.29) is 24.9 Å².